The Morgan fingerprint density at radius 1 is 1.29 bits per heavy atom. The van der Waals surface area contributed by atoms with Gasteiger partial charge in [-0.05, 0) is 53.9 Å². The molecule has 0 saturated carbocycles. The first-order chi connectivity index (χ1) is 13.4. The van der Waals surface area contributed by atoms with Gasteiger partial charge in [0.25, 0.3) is 5.91 Å². The summed E-state index contributed by atoms with van der Waals surface area (Å²) < 4.78 is 2.68. The molecule has 1 fully saturated rings. The first-order valence-corrected chi connectivity index (χ1v) is 10.7. The van der Waals surface area contributed by atoms with Gasteiger partial charge in [0.2, 0.25) is 5.91 Å². The van der Waals surface area contributed by atoms with Crippen LogP contribution in [0.1, 0.15) is 28.2 Å². The van der Waals surface area contributed by atoms with Crippen molar-refractivity contribution in [1.82, 2.24) is 19.7 Å². The van der Waals surface area contributed by atoms with E-state index in [1.165, 1.54) is 11.3 Å². The lowest BCUT2D eigenvalue weighted by molar-refractivity contribution is -0.121. The van der Waals surface area contributed by atoms with E-state index in [0.29, 0.717) is 31.7 Å². The molecule has 2 amide bonds. The molecular formula is C19H20BrN5O2S. The predicted molar refractivity (Wildman–Crippen MR) is 113 cm³/mol. The number of piperidine rings is 1. The van der Waals surface area contributed by atoms with Gasteiger partial charge < -0.3 is 10.2 Å². The second-order valence-electron chi connectivity index (χ2n) is 6.96. The molecule has 1 N–H and O–H groups in total. The summed E-state index contributed by atoms with van der Waals surface area (Å²) >= 11 is 4.80. The van der Waals surface area contributed by atoms with Crippen molar-refractivity contribution in [3.8, 4) is 0 Å². The van der Waals surface area contributed by atoms with Crippen LogP contribution in [0.4, 0.5) is 5.82 Å². The van der Waals surface area contributed by atoms with Gasteiger partial charge in [-0.3, -0.25) is 14.3 Å². The second kappa shape index (κ2) is 7.63. The number of amides is 2. The topological polar surface area (TPSA) is 80.1 Å². The smallest absolute Gasteiger partial charge is 0.264 e. The van der Waals surface area contributed by atoms with Gasteiger partial charge in [-0.1, -0.05) is 0 Å². The van der Waals surface area contributed by atoms with E-state index in [-0.39, 0.29) is 17.7 Å². The molecule has 0 aliphatic carbocycles. The molecule has 1 aliphatic heterocycles. The summed E-state index contributed by atoms with van der Waals surface area (Å²) in [6.45, 7) is 3.11. The first-order valence-electron chi connectivity index (χ1n) is 9.07. The minimum atomic E-state index is -0.108. The van der Waals surface area contributed by atoms with Crippen LogP contribution in [0.25, 0.3) is 10.2 Å². The molecule has 0 unspecified atom stereocenters. The number of likely N-dealkylation sites (tertiary alicyclic amines) is 1. The molecule has 9 heteroatoms. The Kier molecular flexibility index (Phi) is 5.20. The second-order valence-corrected chi connectivity index (χ2v) is 8.90. The van der Waals surface area contributed by atoms with E-state index in [1.807, 2.05) is 35.7 Å². The van der Waals surface area contributed by atoms with Crippen LogP contribution in [0.5, 0.6) is 0 Å². The summed E-state index contributed by atoms with van der Waals surface area (Å²) in [4.78, 5) is 33.1. The van der Waals surface area contributed by atoms with E-state index < -0.39 is 0 Å². The third-order valence-electron chi connectivity index (χ3n) is 5.04. The maximum Gasteiger partial charge on any atom is 0.264 e. The van der Waals surface area contributed by atoms with Gasteiger partial charge >= 0.3 is 0 Å². The van der Waals surface area contributed by atoms with E-state index in [9.17, 15) is 9.59 Å². The Morgan fingerprint density at radius 2 is 2.04 bits per heavy atom. The molecule has 0 radical (unpaired) electrons. The highest BCUT2D eigenvalue weighted by Gasteiger charge is 2.29. The molecule has 0 bridgehead atoms. The summed E-state index contributed by atoms with van der Waals surface area (Å²) in [6.07, 6.45) is 2.96. The summed E-state index contributed by atoms with van der Waals surface area (Å²) in [5.41, 5.74) is 0.935. The predicted octanol–water partition coefficient (Wildman–Crippen LogP) is 3.59. The lowest BCUT2D eigenvalue weighted by Crippen LogP contribution is -2.41. The van der Waals surface area contributed by atoms with Crippen molar-refractivity contribution in [2.45, 2.75) is 19.8 Å². The van der Waals surface area contributed by atoms with Crippen molar-refractivity contribution in [2.24, 2.45) is 13.0 Å². The Bertz CT molecular complexity index is 1000. The zero-order chi connectivity index (χ0) is 19.8. The Balaban J connectivity index is 1.37. The molecule has 146 valence electrons. The van der Waals surface area contributed by atoms with E-state index in [0.717, 1.165) is 25.3 Å². The summed E-state index contributed by atoms with van der Waals surface area (Å²) in [5.74, 6) is 0.434. The highest BCUT2D eigenvalue weighted by molar-refractivity contribution is 9.10. The zero-order valence-corrected chi connectivity index (χ0v) is 18.0. The molecule has 3 aromatic heterocycles. The number of anilines is 1. The molecule has 4 rings (SSSR count). The van der Waals surface area contributed by atoms with Crippen molar-refractivity contribution in [3.63, 3.8) is 0 Å². The largest absolute Gasteiger partial charge is 0.338 e. The number of nitrogens with zero attached hydrogens (tertiary/aromatic N) is 4. The van der Waals surface area contributed by atoms with Crippen LogP contribution >= 0.6 is 27.3 Å². The zero-order valence-electron chi connectivity index (χ0n) is 15.6. The van der Waals surface area contributed by atoms with Gasteiger partial charge in [0.15, 0.2) is 0 Å². The molecule has 1 saturated heterocycles. The fourth-order valence-corrected chi connectivity index (χ4v) is 4.81. The van der Waals surface area contributed by atoms with Crippen molar-refractivity contribution in [2.75, 3.05) is 18.4 Å². The number of aryl methyl sites for hydroxylation is 2. The third-order valence-corrected chi connectivity index (χ3v) is 6.70. The van der Waals surface area contributed by atoms with Crippen LogP contribution in [0, 0.1) is 12.8 Å². The average molecular weight is 462 g/mol. The lowest BCUT2D eigenvalue weighted by Gasteiger charge is -2.31. The van der Waals surface area contributed by atoms with Crippen molar-refractivity contribution in [3.05, 3.63) is 39.4 Å². The Hall–Kier alpha value is -2.26. The van der Waals surface area contributed by atoms with Gasteiger partial charge in [-0.15, -0.1) is 11.3 Å². The maximum atomic E-state index is 12.9. The van der Waals surface area contributed by atoms with Crippen LogP contribution in [-0.4, -0.2) is 44.6 Å². The Morgan fingerprint density at radius 3 is 2.68 bits per heavy atom. The minimum absolute atomic E-state index is 0.0361. The fourth-order valence-electron chi connectivity index (χ4n) is 3.49. The quantitative estimate of drug-likeness (QED) is 0.645. The normalized spacial score (nSPS) is 15.2. The molecule has 0 aromatic carbocycles. The van der Waals surface area contributed by atoms with Gasteiger partial charge in [-0.2, -0.15) is 5.10 Å². The van der Waals surface area contributed by atoms with Gasteiger partial charge in [0.05, 0.1) is 10.6 Å². The number of aromatic nitrogens is 3. The highest BCUT2D eigenvalue weighted by atomic mass is 79.9. The molecule has 1 aliphatic rings. The summed E-state index contributed by atoms with van der Waals surface area (Å²) in [7, 11) is 1.89. The number of thiophene rings is 1. The molecule has 0 spiro atoms. The van der Waals surface area contributed by atoms with Gasteiger partial charge in [-0.25, -0.2) is 4.98 Å². The Labute approximate surface area is 174 Å². The molecule has 28 heavy (non-hydrogen) atoms. The fraction of sp³-hybridized carbons (Fsp3) is 0.368. The number of rotatable bonds is 3. The van der Waals surface area contributed by atoms with Crippen LogP contribution in [-0.2, 0) is 11.8 Å². The van der Waals surface area contributed by atoms with Crippen molar-refractivity contribution >= 4 is 55.1 Å². The van der Waals surface area contributed by atoms with E-state index in [2.05, 4.69) is 31.3 Å². The number of hydrogen-bond acceptors (Lipinski definition) is 5. The van der Waals surface area contributed by atoms with E-state index in [4.69, 9.17) is 0 Å². The van der Waals surface area contributed by atoms with Crippen molar-refractivity contribution in [1.29, 1.82) is 0 Å². The van der Waals surface area contributed by atoms with Crippen LogP contribution in [0.3, 0.4) is 0 Å². The maximum absolute atomic E-state index is 12.9. The van der Waals surface area contributed by atoms with Crippen LogP contribution in [0.2, 0.25) is 0 Å². The molecule has 7 nitrogen and oxygen atoms in total. The van der Waals surface area contributed by atoms with E-state index >= 15 is 0 Å². The minimum Gasteiger partial charge on any atom is -0.338 e. The number of carbonyl (C=O) groups excluding carboxylic acids is 2. The summed E-state index contributed by atoms with van der Waals surface area (Å²) in [5, 5.41) is 8.28. The van der Waals surface area contributed by atoms with Gasteiger partial charge in [0, 0.05) is 42.1 Å². The number of hydrogen-bond donors (Lipinski definition) is 1. The highest BCUT2D eigenvalue weighted by Crippen LogP contribution is 2.30. The number of pyridine rings is 1. The van der Waals surface area contributed by atoms with Gasteiger partial charge in [0.1, 0.15) is 10.6 Å². The molecule has 3 aromatic rings. The molecular weight excluding hydrogens is 442 g/mol. The standard InChI is InChI=1S/C19H20BrN5O2S/c1-11-14-9-15(28-19(14)24(2)23-11)18(27)25-7-5-12(6-8-25)17(26)22-16-4-3-13(20)10-21-16/h3-4,9-10,12H,5-8H2,1-2H3,(H,21,22,26). The summed E-state index contributed by atoms with van der Waals surface area (Å²) in [6, 6.07) is 5.54. The molecule has 4 heterocycles. The number of nitrogens with one attached hydrogen (secondary N) is 1. The number of halogens is 1. The van der Waals surface area contributed by atoms with Crippen LogP contribution < -0.4 is 5.32 Å². The third kappa shape index (κ3) is 3.68. The monoisotopic (exact) mass is 461 g/mol. The SMILES string of the molecule is Cc1nn(C)c2sc(C(=O)N3CCC(C(=O)Nc4ccc(Br)cn4)CC3)cc12. The lowest BCUT2D eigenvalue weighted by atomic mass is 9.96. The first kappa shape index (κ1) is 19.1. The van der Waals surface area contributed by atoms with Crippen molar-refractivity contribution < 1.29 is 9.59 Å². The number of fused-ring (bicyclic) bond motifs is 1. The van der Waals surface area contributed by atoms with E-state index in [1.54, 1.807) is 12.3 Å². The average Bonchev–Trinajstić information content (AvgIpc) is 3.25. The molecule has 0 atom stereocenters. The number of carbonyl (C=O) groups is 2. The van der Waals surface area contributed by atoms with Crippen LogP contribution in [0.15, 0.2) is 28.9 Å².